The number of rotatable bonds is 6. The average molecular weight is 498 g/mol. The van der Waals surface area contributed by atoms with Gasteiger partial charge in [0.05, 0.1) is 29.0 Å². The van der Waals surface area contributed by atoms with Gasteiger partial charge in [0.25, 0.3) is 0 Å². The van der Waals surface area contributed by atoms with E-state index in [1.165, 1.54) is 56.0 Å². The summed E-state index contributed by atoms with van der Waals surface area (Å²) < 4.78 is 19.2. The van der Waals surface area contributed by atoms with Crippen LogP contribution in [0.4, 0.5) is 21.6 Å². The van der Waals surface area contributed by atoms with Crippen molar-refractivity contribution < 1.29 is 18.7 Å². The Morgan fingerprint density at radius 2 is 1.94 bits per heavy atom. The second kappa shape index (κ2) is 10.7. The monoisotopic (exact) mass is 497 g/mol. The molecule has 35 heavy (non-hydrogen) atoms. The van der Waals surface area contributed by atoms with Crippen molar-refractivity contribution in [3.63, 3.8) is 0 Å². The molecule has 3 aromatic rings. The predicted molar refractivity (Wildman–Crippen MR) is 134 cm³/mol. The van der Waals surface area contributed by atoms with Crippen LogP contribution in [-0.4, -0.2) is 46.9 Å². The summed E-state index contributed by atoms with van der Waals surface area (Å²) in [5.74, 6) is -0.619. The van der Waals surface area contributed by atoms with Gasteiger partial charge in [0.1, 0.15) is 17.9 Å². The lowest BCUT2D eigenvalue weighted by atomic mass is 10.1. The van der Waals surface area contributed by atoms with Gasteiger partial charge in [0.15, 0.2) is 5.82 Å². The van der Waals surface area contributed by atoms with E-state index in [2.05, 4.69) is 20.2 Å². The highest BCUT2D eigenvalue weighted by atomic mass is 35.5. The molecule has 2 amide bonds. The number of benzene rings is 2. The third-order valence-corrected chi connectivity index (χ3v) is 6.00. The number of halogens is 2. The van der Waals surface area contributed by atoms with E-state index in [0.717, 1.165) is 25.9 Å². The maximum absolute atomic E-state index is 13.7. The number of anilines is 3. The quantitative estimate of drug-likeness (QED) is 0.479. The van der Waals surface area contributed by atoms with E-state index < -0.39 is 5.82 Å². The Hall–Kier alpha value is -3.72. The summed E-state index contributed by atoms with van der Waals surface area (Å²) in [6.07, 6.45) is 8.03. The Labute approximate surface area is 207 Å². The minimum Gasteiger partial charge on any atom is -0.494 e. The first kappa shape index (κ1) is 24.4. The van der Waals surface area contributed by atoms with Gasteiger partial charge in [-0.15, -0.1) is 0 Å². The van der Waals surface area contributed by atoms with Crippen molar-refractivity contribution >= 4 is 51.5 Å². The number of methoxy groups -OCH3 is 1. The zero-order chi connectivity index (χ0) is 24.9. The number of aromatic nitrogens is 2. The van der Waals surface area contributed by atoms with Crippen molar-refractivity contribution in [2.24, 2.45) is 0 Å². The molecule has 0 atom stereocenters. The predicted octanol–water partition coefficient (Wildman–Crippen LogP) is 5.05. The van der Waals surface area contributed by atoms with Crippen LogP contribution >= 0.6 is 11.6 Å². The Morgan fingerprint density at radius 1 is 1.17 bits per heavy atom. The van der Waals surface area contributed by atoms with Crippen molar-refractivity contribution in [1.29, 1.82) is 0 Å². The van der Waals surface area contributed by atoms with Crippen LogP contribution in [0.5, 0.6) is 5.75 Å². The van der Waals surface area contributed by atoms with Crippen LogP contribution in [0.25, 0.3) is 10.9 Å². The van der Waals surface area contributed by atoms with Gasteiger partial charge in [-0.1, -0.05) is 11.6 Å². The van der Waals surface area contributed by atoms with Gasteiger partial charge in [-0.2, -0.15) is 0 Å². The molecule has 0 radical (unpaired) electrons. The molecule has 2 heterocycles. The van der Waals surface area contributed by atoms with Crippen LogP contribution in [0.2, 0.25) is 5.02 Å². The molecule has 1 saturated heterocycles. The molecular weight excluding hydrogens is 473 g/mol. The van der Waals surface area contributed by atoms with Gasteiger partial charge >= 0.3 is 0 Å². The van der Waals surface area contributed by atoms with E-state index in [4.69, 9.17) is 16.3 Å². The highest BCUT2D eigenvalue weighted by Crippen LogP contribution is 2.36. The Morgan fingerprint density at radius 3 is 2.63 bits per heavy atom. The zero-order valence-corrected chi connectivity index (χ0v) is 20.2. The topological polar surface area (TPSA) is 87.7 Å². The molecule has 1 fully saturated rings. The van der Waals surface area contributed by atoms with Gasteiger partial charge < -0.3 is 15.0 Å². The lowest BCUT2D eigenvalue weighted by Gasteiger charge is -2.24. The van der Waals surface area contributed by atoms with Gasteiger partial charge in [-0.05, 0) is 43.5 Å². The average Bonchev–Trinajstić information content (AvgIpc) is 2.85. The fourth-order valence-electron chi connectivity index (χ4n) is 4.01. The number of nitrogens with one attached hydrogen (secondary N) is 1. The number of ether oxygens (including phenoxy) is 1. The van der Waals surface area contributed by atoms with Crippen molar-refractivity contribution in [2.45, 2.75) is 26.2 Å². The van der Waals surface area contributed by atoms with Crippen LogP contribution in [0.15, 0.2) is 48.9 Å². The highest BCUT2D eigenvalue weighted by Gasteiger charge is 2.21. The Balaban J connectivity index is 1.72. The maximum atomic E-state index is 13.7. The van der Waals surface area contributed by atoms with Crippen LogP contribution in [0.3, 0.4) is 0 Å². The third-order valence-electron chi connectivity index (χ3n) is 5.71. The molecule has 0 spiro atoms. The molecule has 0 aliphatic carbocycles. The molecule has 0 unspecified atom stereocenters. The fraction of sp³-hybridized carbons (Fsp3) is 0.280. The third kappa shape index (κ3) is 5.51. The molecule has 10 heteroatoms. The summed E-state index contributed by atoms with van der Waals surface area (Å²) in [5, 5.41) is 3.20. The van der Waals surface area contributed by atoms with E-state index in [9.17, 15) is 14.0 Å². The Bertz CT molecular complexity index is 1290. The first-order valence-corrected chi connectivity index (χ1v) is 11.6. The first-order valence-electron chi connectivity index (χ1n) is 11.2. The van der Waals surface area contributed by atoms with E-state index >= 15 is 0 Å². The number of likely N-dealkylation sites (tertiary alicyclic amines) is 1. The van der Waals surface area contributed by atoms with E-state index in [1.807, 2.05) is 0 Å². The van der Waals surface area contributed by atoms with Crippen LogP contribution in [0, 0.1) is 5.82 Å². The number of hydrogen-bond acceptors (Lipinski definition) is 6. The van der Waals surface area contributed by atoms with Crippen LogP contribution < -0.4 is 15.0 Å². The number of amides is 2. The first-order chi connectivity index (χ1) is 16.9. The zero-order valence-electron chi connectivity index (χ0n) is 19.4. The second-order valence-electron chi connectivity index (χ2n) is 8.12. The molecule has 8 nitrogen and oxygen atoms in total. The number of hydrogen-bond donors (Lipinski definition) is 1. The number of nitrogens with zero attached hydrogens (tertiary/aromatic N) is 4. The summed E-state index contributed by atoms with van der Waals surface area (Å²) in [7, 11) is 1.49. The molecule has 1 aromatic heterocycles. The molecule has 2 aromatic carbocycles. The maximum Gasteiger partial charge on any atom is 0.249 e. The van der Waals surface area contributed by atoms with Crippen LogP contribution in [0.1, 0.15) is 26.2 Å². The van der Waals surface area contributed by atoms with Crippen molar-refractivity contribution in [3.05, 3.63) is 59.8 Å². The van der Waals surface area contributed by atoms with E-state index in [-0.39, 0.29) is 22.7 Å². The van der Waals surface area contributed by atoms with Crippen molar-refractivity contribution in [1.82, 2.24) is 14.9 Å². The second-order valence-corrected chi connectivity index (χ2v) is 8.53. The van der Waals surface area contributed by atoms with Gasteiger partial charge in [0, 0.05) is 43.7 Å². The lowest BCUT2D eigenvalue weighted by molar-refractivity contribution is -0.116. The number of fused-ring (bicyclic) bond motifs is 1. The molecule has 0 bridgehead atoms. The van der Waals surface area contributed by atoms with Crippen molar-refractivity contribution in [2.75, 3.05) is 30.4 Å². The van der Waals surface area contributed by atoms with Gasteiger partial charge in [-0.3, -0.25) is 14.5 Å². The minimum absolute atomic E-state index is 0.123. The summed E-state index contributed by atoms with van der Waals surface area (Å²) in [5.41, 5.74) is 1.23. The SMILES string of the molecule is COc1cc2ncnc(N(C(C)=O)c3ccc(F)c(Cl)c3)c2cc1NC(=O)/C=C/N1CCCCC1. The summed E-state index contributed by atoms with van der Waals surface area (Å²) in [4.78, 5) is 37.3. The highest BCUT2D eigenvalue weighted by molar-refractivity contribution is 6.31. The smallest absolute Gasteiger partial charge is 0.249 e. The van der Waals surface area contributed by atoms with Gasteiger partial charge in [0.2, 0.25) is 11.8 Å². The molecule has 1 aliphatic heterocycles. The Kier molecular flexibility index (Phi) is 7.45. The van der Waals surface area contributed by atoms with E-state index in [0.29, 0.717) is 28.0 Å². The van der Waals surface area contributed by atoms with Gasteiger partial charge in [-0.25, -0.2) is 14.4 Å². The normalized spacial score (nSPS) is 13.8. The summed E-state index contributed by atoms with van der Waals surface area (Å²) in [6, 6.07) is 7.27. The standard InChI is InChI=1S/C25H25ClFN5O3/c1-16(33)32(17-6-7-20(27)19(26)12-17)25-18-13-22(23(35-2)14-21(18)28-15-29-25)30-24(34)8-11-31-9-4-3-5-10-31/h6-8,11-15H,3-5,9-10H2,1-2H3,(H,30,34)/b11-8+. The number of piperidine rings is 1. The van der Waals surface area contributed by atoms with Crippen LogP contribution in [-0.2, 0) is 9.59 Å². The largest absolute Gasteiger partial charge is 0.494 e. The summed E-state index contributed by atoms with van der Waals surface area (Å²) in [6.45, 7) is 3.22. The molecule has 0 saturated carbocycles. The van der Waals surface area contributed by atoms with Crippen molar-refractivity contribution in [3.8, 4) is 5.75 Å². The molecule has 4 rings (SSSR count). The molecule has 1 N–H and O–H groups in total. The molecule has 1 aliphatic rings. The van der Waals surface area contributed by atoms with E-state index in [1.54, 1.807) is 18.3 Å². The molecule has 182 valence electrons. The fourth-order valence-corrected chi connectivity index (χ4v) is 4.18. The molecular formula is C25H25ClFN5O3. The lowest BCUT2D eigenvalue weighted by Crippen LogP contribution is -2.25. The number of carbonyl (C=O) groups excluding carboxylic acids is 2. The minimum atomic E-state index is -0.598. The summed E-state index contributed by atoms with van der Waals surface area (Å²) >= 11 is 5.96. The number of carbonyl (C=O) groups is 2.